The molecule has 2 heterocycles. The average Bonchev–Trinajstić information content (AvgIpc) is 3.12. The molecule has 0 N–H and O–H groups in total. The number of likely N-dealkylation sites (N-methyl/N-ethyl adjacent to an activating group) is 1. The van der Waals surface area contributed by atoms with Gasteiger partial charge in [0.25, 0.3) is 0 Å². The third-order valence-corrected chi connectivity index (χ3v) is 4.81. The van der Waals surface area contributed by atoms with Crippen LogP contribution in [0, 0.1) is 0 Å². The quantitative estimate of drug-likeness (QED) is 0.817. The maximum atomic E-state index is 13.1. The van der Waals surface area contributed by atoms with Crippen LogP contribution in [0.1, 0.15) is 30.6 Å². The third-order valence-electron chi connectivity index (χ3n) is 4.81. The normalized spacial score (nSPS) is 18.5. The Balaban J connectivity index is 1.69. The summed E-state index contributed by atoms with van der Waals surface area (Å²) in [5.41, 5.74) is 1.26. The second-order valence-corrected chi connectivity index (χ2v) is 6.57. The molecule has 1 aliphatic heterocycles. The summed E-state index contributed by atoms with van der Waals surface area (Å²) < 4.78 is 5.47. The third kappa shape index (κ3) is 4.26. The van der Waals surface area contributed by atoms with Crippen molar-refractivity contribution < 1.29 is 9.21 Å². The topological polar surface area (TPSA) is 36.7 Å². The number of carbonyl (C=O) groups excluding carboxylic acids is 1. The molecule has 1 saturated heterocycles. The first-order valence-electron chi connectivity index (χ1n) is 8.79. The van der Waals surface area contributed by atoms with E-state index in [0.29, 0.717) is 13.1 Å². The predicted octanol–water partition coefficient (Wildman–Crippen LogP) is 3.34. The first-order chi connectivity index (χ1) is 11.7. The van der Waals surface area contributed by atoms with Crippen molar-refractivity contribution in [3.63, 3.8) is 0 Å². The van der Waals surface area contributed by atoms with Crippen molar-refractivity contribution in [1.82, 2.24) is 9.80 Å². The summed E-state index contributed by atoms with van der Waals surface area (Å²) in [6, 6.07) is 14.2. The molecule has 0 bridgehead atoms. The second-order valence-electron chi connectivity index (χ2n) is 6.57. The zero-order valence-corrected chi connectivity index (χ0v) is 14.4. The van der Waals surface area contributed by atoms with Gasteiger partial charge in [0.15, 0.2) is 0 Å². The van der Waals surface area contributed by atoms with Crippen LogP contribution in [0.5, 0.6) is 0 Å². The van der Waals surface area contributed by atoms with Crippen LogP contribution in [-0.4, -0.2) is 41.9 Å². The maximum absolute atomic E-state index is 13.1. The van der Waals surface area contributed by atoms with Gasteiger partial charge < -0.3 is 9.32 Å². The van der Waals surface area contributed by atoms with E-state index in [1.807, 2.05) is 35.2 Å². The highest BCUT2D eigenvalue weighted by Gasteiger charge is 2.30. The van der Waals surface area contributed by atoms with E-state index in [2.05, 4.69) is 24.1 Å². The summed E-state index contributed by atoms with van der Waals surface area (Å²) in [4.78, 5) is 17.3. The van der Waals surface area contributed by atoms with Crippen LogP contribution in [-0.2, 0) is 17.8 Å². The number of hydrogen-bond acceptors (Lipinski definition) is 3. The number of benzene rings is 1. The van der Waals surface area contributed by atoms with Gasteiger partial charge in [0.1, 0.15) is 5.76 Å². The number of furan rings is 1. The van der Waals surface area contributed by atoms with Crippen molar-refractivity contribution in [3.8, 4) is 0 Å². The van der Waals surface area contributed by atoms with Gasteiger partial charge in [-0.3, -0.25) is 9.69 Å². The van der Waals surface area contributed by atoms with Crippen LogP contribution in [0.15, 0.2) is 53.1 Å². The van der Waals surface area contributed by atoms with Gasteiger partial charge in [-0.2, -0.15) is 0 Å². The number of carbonyl (C=O) groups is 1. The molecule has 0 spiro atoms. The Morgan fingerprint density at radius 3 is 2.75 bits per heavy atom. The van der Waals surface area contributed by atoms with E-state index in [4.69, 9.17) is 4.42 Å². The highest BCUT2D eigenvalue weighted by molar-refractivity contribution is 5.82. The van der Waals surface area contributed by atoms with Gasteiger partial charge in [-0.05, 0) is 50.6 Å². The highest BCUT2D eigenvalue weighted by atomic mass is 16.3. The maximum Gasteiger partial charge on any atom is 0.240 e. The number of nitrogens with zero attached hydrogens (tertiary/aromatic N) is 2. The molecule has 128 valence electrons. The number of likely N-dealkylation sites (tertiary alicyclic amines) is 1. The van der Waals surface area contributed by atoms with Crippen molar-refractivity contribution in [1.29, 1.82) is 0 Å². The molecule has 0 aliphatic carbocycles. The number of amides is 1. The molecule has 0 unspecified atom stereocenters. The van der Waals surface area contributed by atoms with E-state index in [1.165, 1.54) is 12.0 Å². The summed E-state index contributed by atoms with van der Waals surface area (Å²) in [6.07, 6.45) is 5.80. The molecule has 3 rings (SSSR count). The minimum absolute atomic E-state index is 0.00415. The molecule has 1 aromatic carbocycles. The molecule has 4 heteroatoms. The van der Waals surface area contributed by atoms with E-state index in [0.717, 1.165) is 31.6 Å². The van der Waals surface area contributed by atoms with Crippen molar-refractivity contribution in [2.24, 2.45) is 0 Å². The lowest BCUT2D eigenvalue weighted by molar-refractivity contribution is -0.138. The predicted molar refractivity (Wildman–Crippen MR) is 94.5 cm³/mol. The van der Waals surface area contributed by atoms with E-state index in [1.54, 1.807) is 6.26 Å². The lowest BCUT2D eigenvalue weighted by atomic mass is 10.0. The molecule has 2 aromatic rings. The van der Waals surface area contributed by atoms with E-state index < -0.39 is 0 Å². The largest absolute Gasteiger partial charge is 0.467 e. The average molecular weight is 326 g/mol. The number of hydrogen-bond donors (Lipinski definition) is 0. The Morgan fingerprint density at radius 2 is 2.04 bits per heavy atom. The van der Waals surface area contributed by atoms with E-state index in [-0.39, 0.29) is 11.9 Å². The second kappa shape index (κ2) is 8.15. The van der Waals surface area contributed by atoms with Crippen molar-refractivity contribution in [2.75, 3.05) is 20.1 Å². The molecule has 24 heavy (non-hydrogen) atoms. The fourth-order valence-electron chi connectivity index (χ4n) is 3.36. The zero-order chi connectivity index (χ0) is 16.8. The summed E-state index contributed by atoms with van der Waals surface area (Å²) in [7, 11) is 2.06. The van der Waals surface area contributed by atoms with Gasteiger partial charge in [-0.15, -0.1) is 0 Å². The smallest absolute Gasteiger partial charge is 0.240 e. The summed E-state index contributed by atoms with van der Waals surface area (Å²) in [6.45, 7) is 2.26. The van der Waals surface area contributed by atoms with E-state index in [9.17, 15) is 4.79 Å². The Bertz CT molecular complexity index is 624. The van der Waals surface area contributed by atoms with Gasteiger partial charge in [0.2, 0.25) is 5.91 Å². The summed E-state index contributed by atoms with van der Waals surface area (Å²) in [5.74, 6) is 1.07. The first kappa shape index (κ1) is 16.8. The Kier molecular flexibility index (Phi) is 5.70. The zero-order valence-electron chi connectivity index (χ0n) is 14.4. The minimum Gasteiger partial charge on any atom is -0.467 e. The molecular weight excluding hydrogens is 300 g/mol. The molecule has 1 amide bonds. The summed E-state index contributed by atoms with van der Waals surface area (Å²) >= 11 is 0. The molecule has 1 atom stereocenters. The molecule has 0 saturated carbocycles. The minimum atomic E-state index is 0.00415. The Labute approximate surface area is 144 Å². The molecule has 1 fully saturated rings. The van der Waals surface area contributed by atoms with Crippen molar-refractivity contribution in [3.05, 3.63) is 60.1 Å². The number of piperidine rings is 1. The van der Waals surface area contributed by atoms with E-state index >= 15 is 0 Å². The fourth-order valence-corrected chi connectivity index (χ4v) is 3.36. The monoisotopic (exact) mass is 326 g/mol. The molecule has 0 radical (unpaired) electrons. The van der Waals surface area contributed by atoms with Crippen LogP contribution < -0.4 is 0 Å². The van der Waals surface area contributed by atoms with Gasteiger partial charge >= 0.3 is 0 Å². The van der Waals surface area contributed by atoms with Crippen LogP contribution in [0.2, 0.25) is 0 Å². The Morgan fingerprint density at radius 1 is 1.21 bits per heavy atom. The molecule has 4 nitrogen and oxygen atoms in total. The SMILES string of the molecule is CN1CCCC[C@@H]1C(=O)N(CCc1ccccc1)Cc1ccco1. The standard InChI is InChI=1S/C20H26N2O2/c1-21-13-6-5-11-19(21)20(23)22(16-18-10-7-15-24-18)14-12-17-8-3-2-4-9-17/h2-4,7-10,15,19H,5-6,11-14,16H2,1H3/t19-/m1/s1. The van der Waals surface area contributed by atoms with Crippen LogP contribution in [0.25, 0.3) is 0 Å². The highest BCUT2D eigenvalue weighted by Crippen LogP contribution is 2.19. The number of rotatable bonds is 6. The molecule has 1 aliphatic rings. The first-order valence-corrected chi connectivity index (χ1v) is 8.79. The molecular formula is C20H26N2O2. The molecule has 1 aromatic heterocycles. The summed E-state index contributed by atoms with van der Waals surface area (Å²) in [5, 5.41) is 0. The van der Waals surface area contributed by atoms with Crippen molar-refractivity contribution in [2.45, 2.75) is 38.3 Å². The lowest BCUT2D eigenvalue weighted by Crippen LogP contribution is -2.49. The van der Waals surface area contributed by atoms with Gasteiger partial charge in [-0.25, -0.2) is 0 Å². The van der Waals surface area contributed by atoms with Crippen molar-refractivity contribution >= 4 is 5.91 Å². The van der Waals surface area contributed by atoms with Crippen LogP contribution >= 0.6 is 0 Å². The Hall–Kier alpha value is -2.07. The fraction of sp³-hybridized carbons (Fsp3) is 0.450. The lowest BCUT2D eigenvalue weighted by Gasteiger charge is -2.35. The van der Waals surface area contributed by atoms with Crippen LogP contribution in [0.4, 0.5) is 0 Å². The van der Waals surface area contributed by atoms with Gasteiger partial charge in [-0.1, -0.05) is 36.8 Å². The van der Waals surface area contributed by atoms with Gasteiger partial charge in [0, 0.05) is 6.54 Å². The van der Waals surface area contributed by atoms with Crippen LogP contribution in [0.3, 0.4) is 0 Å². The van der Waals surface area contributed by atoms with Gasteiger partial charge in [0.05, 0.1) is 18.8 Å².